The predicted molar refractivity (Wildman–Crippen MR) is 104 cm³/mol. The highest BCUT2D eigenvalue weighted by atomic mass is 32.2. The molecule has 1 heterocycles. The number of sulfonamides is 1. The molecule has 3 rings (SSSR count). The first-order valence-corrected chi connectivity index (χ1v) is 10.5. The second-order valence-electron chi connectivity index (χ2n) is 7.16. The van der Waals surface area contributed by atoms with Crippen molar-refractivity contribution in [2.45, 2.75) is 50.2 Å². The lowest BCUT2D eigenvalue weighted by molar-refractivity contribution is 0.0729. The SMILES string of the molecule is CC(C)N(C)S(=O)(=O)c1cccc(C(=O)N(Cc2ccncc2)C2CC2)c1. The Hall–Kier alpha value is -2.25. The fourth-order valence-electron chi connectivity index (χ4n) is 2.84. The Kier molecular flexibility index (Phi) is 5.62. The van der Waals surface area contributed by atoms with E-state index in [1.807, 2.05) is 30.9 Å². The Labute approximate surface area is 160 Å². The Morgan fingerprint density at radius 3 is 2.44 bits per heavy atom. The lowest BCUT2D eigenvalue weighted by Gasteiger charge is -2.24. The zero-order valence-electron chi connectivity index (χ0n) is 15.9. The van der Waals surface area contributed by atoms with Gasteiger partial charge in [-0.15, -0.1) is 0 Å². The zero-order valence-corrected chi connectivity index (χ0v) is 16.7. The fraction of sp³-hybridized carbons (Fsp3) is 0.400. The maximum atomic E-state index is 13.1. The lowest BCUT2D eigenvalue weighted by Crippen LogP contribution is -2.34. The van der Waals surface area contributed by atoms with Crippen molar-refractivity contribution in [1.82, 2.24) is 14.2 Å². The first-order chi connectivity index (χ1) is 12.8. The smallest absolute Gasteiger partial charge is 0.254 e. The molecule has 0 radical (unpaired) electrons. The fourth-order valence-corrected chi connectivity index (χ4v) is 4.25. The van der Waals surface area contributed by atoms with Crippen molar-refractivity contribution in [1.29, 1.82) is 0 Å². The van der Waals surface area contributed by atoms with Crippen LogP contribution in [-0.2, 0) is 16.6 Å². The summed E-state index contributed by atoms with van der Waals surface area (Å²) in [7, 11) is -2.08. The molecule has 1 amide bonds. The third kappa shape index (κ3) is 4.36. The predicted octanol–water partition coefficient (Wildman–Crippen LogP) is 2.92. The molecule has 0 atom stereocenters. The second kappa shape index (κ2) is 7.78. The molecule has 1 aliphatic rings. The Morgan fingerprint density at radius 2 is 1.85 bits per heavy atom. The van der Waals surface area contributed by atoms with Gasteiger partial charge in [0.05, 0.1) is 4.90 Å². The number of aromatic nitrogens is 1. The largest absolute Gasteiger partial charge is 0.331 e. The lowest BCUT2D eigenvalue weighted by atomic mass is 10.1. The molecule has 0 bridgehead atoms. The van der Waals surface area contributed by atoms with Gasteiger partial charge < -0.3 is 4.90 Å². The number of carbonyl (C=O) groups is 1. The van der Waals surface area contributed by atoms with Crippen LogP contribution in [0.15, 0.2) is 53.7 Å². The quantitative estimate of drug-likeness (QED) is 0.732. The summed E-state index contributed by atoms with van der Waals surface area (Å²) in [6, 6.07) is 10.2. The van der Waals surface area contributed by atoms with Crippen molar-refractivity contribution in [2.24, 2.45) is 0 Å². The summed E-state index contributed by atoms with van der Waals surface area (Å²) in [6.07, 6.45) is 5.37. The number of rotatable bonds is 7. The first-order valence-electron chi connectivity index (χ1n) is 9.08. The van der Waals surface area contributed by atoms with Crippen LogP contribution >= 0.6 is 0 Å². The molecule has 144 valence electrons. The highest BCUT2D eigenvalue weighted by molar-refractivity contribution is 7.89. The van der Waals surface area contributed by atoms with Crippen LogP contribution < -0.4 is 0 Å². The Bertz CT molecular complexity index is 909. The van der Waals surface area contributed by atoms with Crippen LogP contribution in [0.25, 0.3) is 0 Å². The normalized spacial score (nSPS) is 14.6. The van der Waals surface area contributed by atoms with Crippen molar-refractivity contribution < 1.29 is 13.2 Å². The molecule has 0 saturated heterocycles. The highest BCUT2D eigenvalue weighted by Gasteiger charge is 2.33. The maximum absolute atomic E-state index is 13.1. The number of hydrogen-bond acceptors (Lipinski definition) is 4. The van der Waals surface area contributed by atoms with E-state index in [1.54, 1.807) is 31.6 Å². The van der Waals surface area contributed by atoms with E-state index < -0.39 is 10.0 Å². The summed E-state index contributed by atoms with van der Waals surface area (Å²) in [6.45, 7) is 4.13. The summed E-state index contributed by atoms with van der Waals surface area (Å²) in [5.41, 5.74) is 1.41. The first kappa shape index (κ1) is 19.5. The van der Waals surface area contributed by atoms with Crippen LogP contribution in [0, 0.1) is 0 Å². The number of amides is 1. The van der Waals surface area contributed by atoms with Gasteiger partial charge in [-0.1, -0.05) is 6.07 Å². The molecule has 1 fully saturated rings. The number of carbonyl (C=O) groups excluding carboxylic acids is 1. The third-order valence-electron chi connectivity index (χ3n) is 4.84. The minimum Gasteiger partial charge on any atom is -0.331 e. The van der Waals surface area contributed by atoms with Gasteiger partial charge in [0.2, 0.25) is 10.0 Å². The van der Waals surface area contributed by atoms with Gasteiger partial charge in [0, 0.05) is 43.6 Å². The van der Waals surface area contributed by atoms with Crippen LogP contribution in [0.4, 0.5) is 0 Å². The molecular weight excluding hydrogens is 362 g/mol. The molecule has 0 spiro atoms. The van der Waals surface area contributed by atoms with Crippen LogP contribution in [0.1, 0.15) is 42.6 Å². The summed E-state index contributed by atoms with van der Waals surface area (Å²) in [4.78, 5) is 19.1. The van der Waals surface area contributed by atoms with Crippen molar-refractivity contribution in [3.63, 3.8) is 0 Å². The van der Waals surface area contributed by atoms with Gasteiger partial charge in [-0.25, -0.2) is 8.42 Å². The number of benzene rings is 1. The van der Waals surface area contributed by atoms with E-state index in [-0.39, 0.29) is 22.9 Å². The second-order valence-corrected chi connectivity index (χ2v) is 9.16. The van der Waals surface area contributed by atoms with Crippen molar-refractivity contribution in [3.05, 3.63) is 59.9 Å². The molecule has 1 aromatic carbocycles. The number of hydrogen-bond donors (Lipinski definition) is 0. The van der Waals surface area contributed by atoms with E-state index >= 15 is 0 Å². The van der Waals surface area contributed by atoms with Gasteiger partial charge in [-0.2, -0.15) is 4.31 Å². The maximum Gasteiger partial charge on any atom is 0.254 e. The minimum absolute atomic E-state index is 0.140. The standard InChI is InChI=1S/C20H25N3O3S/c1-15(2)22(3)27(25,26)19-6-4-5-17(13-19)20(24)23(18-7-8-18)14-16-9-11-21-12-10-16/h4-6,9-13,15,18H,7-8,14H2,1-3H3. The van der Waals surface area contributed by atoms with E-state index in [0.29, 0.717) is 12.1 Å². The van der Waals surface area contributed by atoms with Crippen molar-refractivity contribution in [2.75, 3.05) is 7.05 Å². The van der Waals surface area contributed by atoms with Crippen LogP contribution in [0.5, 0.6) is 0 Å². The number of nitrogens with zero attached hydrogens (tertiary/aromatic N) is 3. The van der Waals surface area contributed by atoms with E-state index in [9.17, 15) is 13.2 Å². The Morgan fingerprint density at radius 1 is 1.19 bits per heavy atom. The van der Waals surface area contributed by atoms with Crippen molar-refractivity contribution >= 4 is 15.9 Å². The average Bonchev–Trinajstić information content (AvgIpc) is 3.51. The molecule has 6 nitrogen and oxygen atoms in total. The van der Waals surface area contributed by atoms with Crippen LogP contribution in [0.2, 0.25) is 0 Å². The summed E-state index contributed by atoms with van der Waals surface area (Å²) < 4.78 is 26.8. The summed E-state index contributed by atoms with van der Waals surface area (Å²) in [5.74, 6) is -0.140. The molecule has 1 saturated carbocycles. The molecule has 0 aliphatic heterocycles. The molecule has 7 heteroatoms. The topological polar surface area (TPSA) is 70.6 Å². The molecule has 2 aromatic rings. The number of pyridine rings is 1. The molecule has 0 N–H and O–H groups in total. The average molecular weight is 388 g/mol. The van der Waals surface area contributed by atoms with E-state index in [1.165, 1.54) is 16.4 Å². The van der Waals surface area contributed by atoms with E-state index in [4.69, 9.17) is 0 Å². The van der Waals surface area contributed by atoms with Gasteiger partial charge in [-0.05, 0) is 62.6 Å². The monoisotopic (exact) mass is 387 g/mol. The summed E-state index contributed by atoms with van der Waals surface area (Å²) >= 11 is 0. The van der Waals surface area contributed by atoms with Crippen molar-refractivity contribution in [3.8, 4) is 0 Å². The molecular formula is C20H25N3O3S. The van der Waals surface area contributed by atoms with Gasteiger partial charge >= 0.3 is 0 Å². The molecule has 0 unspecified atom stereocenters. The zero-order chi connectivity index (χ0) is 19.6. The molecule has 1 aliphatic carbocycles. The van der Waals surface area contributed by atoms with Gasteiger partial charge in [0.1, 0.15) is 0 Å². The van der Waals surface area contributed by atoms with Gasteiger partial charge in [0.25, 0.3) is 5.91 Å². The molecule has 1 aromatic heterocycles. The van der Waals surface area contributed by atoms with Crippen LogP contribution in [0.3, 0.4) is 0 Å². The van der Waals surface area contributed by atoms with Crippen LogP contribution in [-0.4, -0.2) is 47.6 Å². The summed E-state index contributed by atoms with van der Waals surface area (Å²) in [5, 5.41) is 0. The van der Waals surface area contributed by atoms with E-state index in [0.717, 1.165) is 18.4 Å². The minimum atomic E-state index is -3.63. The Balaban J connectivity index is 1.88. The van der Waals surface area contributed by atoms with Gasteiger partial charge in [0.15, 0.2) is 0 Å². The van der Waals surface area contributed by atoms with Gasteiger partial charge in [-0.3, -0.25) is 9.78 Å². The molecule has 27 heavy (non-hydrogen) atoms. The van der Waals surface area contributed by atoms with E-state index in [2.05, 4.69) is 4.98 Å². The highest BCUT2D eigenvalue weighted by Crippen LogP contribution is 2.30. The third-order valence-corrected chi connectivity index (χ3v) is 6.87.